The summed E-state index contributed by atoms with van der Waals surface area (Å²) in [5.74, 6) is -0.117. The number of nitrogens with zero attached hydrogens (tertiary/aromatic N) is 4. The number of carbonyl (C=O) groups excluding carboxylic acids is 1. The third-order valence-electron chi connectivity index (χ3n) is 4.80. The molecule has 3 rings (SSSR count). The first kappa shape index (κ1) is 18.1. The maximum Gasteiger partial charge on any atom is 0.305 e. The maximum atomic E-state index is 12.8. The number of aryl methyl sites for hydroxylation is 1. The number of aromatic nitrogens is 3. The minimum absolute atomic E-state index is 0.0401. The molecule has 1 saturated heterocycles. The molecule has 26 heavy (non-hydrogen) atoms. The lowest BCUT2D eigenvalue weighted by Crippen LogP contribution is -2.37. The molecule has 1 aromatic carbocycles. The molecule has 0 saturated carbocycles. The fourth-order valence-electron chi connectivity index (χ4n) is 3.52. The van der Waals surface area contributed by atoms with Crippen molar-refractivity contribution in [3.05, 3.63) is 41.5 Å². The fraction of sp³-hybridized carbons (Fsp3) is 0.474. The van der Waals surface area contributed by atoms with Crippen molar-refractivity contribution in [3.63, 3.8) is 0 Å². The highest BCUT2D eigenvalue weighted by Crippen LogP contribution is 2.25. The molecule has 1 atom stereocenters. The molecule has 1 fully saturated rings. The van der Waals surface area contributed by atoms with E-state index in [0.717, 1.165) is 17.7 Å². The number of aliphatic carboxylic acids is 1. The van der Waals surface area contributed by atoms with E-state index in [1.165, 1.54) is 0 Å². The van der Waals surface area contributed by atoms with E-state index in [9.17, 15) is 9.59 Å². The van der Waals surface area contributed by atoms with Crippen molar-refractivity contribution < 1.29 is 14.7 Å². The number of para-hydroxylation sites is 1. The van der Waals surface area contributed by atoms with E-state index < -0.39 is 5.97 Å². The van der Waals surface area contributed by atoms with E-state index in [-0.39, 0.29) is 24.2 Å². The highest BCUT2D eigenvalue weighted by Gasteiger charge is 2.33. The number of carboxylic acids is 1. The van der Waals surface area contributed by atoms with Crippen LogP contribution in [0, 0.1) is 6.92 Å². The van der Waals surface area contributed by atoms with Crippen molar-refractivity contribution in [1.82, 2.24) is 19.7 Å². The average molecular weight is 356 g/mol. The number of carboxylic acid groups (broad SMARTS) is 1. The predicted molar refractivity (Wildman–Crippen MR) is 96.5 cm³/mol. The van der Waals surface area contributed by atoms with Gasteiger partial charge in [-0.05, 0) is 37.3 Å². The zero-order valence-corrected chi connectivity index (χ0v) is 15.3. The van der Waals surface area contributed by atoms with Gasteiger partial charge < -0.3 is 10.0 Å². The van der Waals surface area contributed by atoms with Crippen molar-refractivity contribution in [2.45, 2.75) is 52.0 Å². The topological polar surface area (TPSA) is 88.3 Å². The Kier molecular flexibility index (Phi) is 5.06. The molecule has 0 spiro atoms. The summed E-state index contributed by atoms with van der Waals surface area (Å²) in [4.78, 5) is 29.8. The summed E-state index contributed by atoms with van der Waals surface area (Å²) in [6, 6.07) is 7.65. The number of hydrogen-bond acceptors (Lipinski definition) is 4. The lowest BCUT2D eigenvalue weighted by atomic mass is 10.0. The lowest BCUT2D eigenvalue weighted by molar-refractivity contribution is -0.137. The molecule has 2 heterocycles. The summed E-state index contributed by atoms with van der Waals surface area (Å²) in [6.45, 7) is 6.59. The van der Waals surface area contributed by atoms with E-state index in [0.29, 0.717) is 24.7 Å². The Bertz CT molecular complexity index is 828. The summed E-state index contributed by atoms with van der Waals surface area (Å²) in [5, 5.41) is 13.5. The van der Waals surface area contributed by atoms with Gasteiger partial charge in [-0.1, -0.05) is 32.0 Å². The molecular formula is C19H24N4O3. The molecule has 7 nitrogen and oxygen atoms in total. The molecular weight excluding hydrogens is 332 g/mol. The molecule has 2 aromatic rings. The first-order valence-electron chi connectivity index (χ1n) is 8.94. The van der Waals surface area contributed by atoms with Crippen LogP contribution in [0.5, 0.6) is 0 Å². The monoisotopic (exact) mass is 356 g/mol. The van der Waals surface area contributed by atoms with Gasteiger partial charge in [0.05, 0.1) is 12.1 Å². The van der Waals surface area contributed by atoms with Crippen LogP contribution in [0.25, 0.3) is 5.69 Å². The van der Waals surface area contributed by atoms with Crippen molar-refractivity contribution >= 4 is 11.9 Å². The van der Waals surface area contributed by atoms with E-state index >= 15 is 0 Å². The third-order valence-corrected chi connectivity index (χ3v) is 4.80. The molecule has 1 unspecified atom stereocenters. The van der Waals surface area contributed by atoms with Crippen LogP contribution in [-0.4, -0.2) is 49.2 Å². The number of amides is 1. The first-order chi connectivity index (χ1) is 12.4. The lowest BCUT2D eigenvalue weighted by Gasteiger charge is -2.21. The second-order valence-corrected chi connectivity index (χ2v) is 7.00. The largest absolute Gasteiger partial charge is 0.481 e. The molecule has 1 aromatic heterocycles. The smallest absolute Gasteiger partial charge is 0.305 e. The second-order valence-electron chi connectivity index (χ2n) is 7.00. The van der Waals surface area contributed by atoms with Crippen molar-refractivity contribution in [3.8, 4) is 5.69 Å². The second kappa shape index (κ2) is 7.27. The van der Waals surface area contributed by atoms with Crippen LogP contribution >= 0.6 is 0 Å². The van der Waals surface area contributed by atoms with Crippen LogP contribution in [-0.2, 0) is 4.79 Å². The van der Waals surface area contributed by atoms with Gasteiger partial charge in [0.25, 0.3) is 5.91 Å². The van der Waals surface area contributed by atoms with Gasteiger partial charge in [0.2, 0.25) is 5.82 Å². The number of rotatable bonds is 5. The Hall–Kier alpha value is -2.70. The number of carbonyl (C=O) groups is 2. The SMILES string of the molecule is Cc1nc(C(=O)N2CCCC2CC(=O)O)nn1-c1ccccc1C(C)C. The van der Waals surface area contributed by atoms with Gasteiger partial charge in [-0.3, -0.25) is 9.59 Å². The van der Waals surface area contributed by atoms with Crippen LogP contribution in [0.4, 0.5) is 0 Å². The summed E-state index contributed by atoms with van der Waals surface area (Å²) >= 11 is 0. The molecule has 1 aliphatic heterocycles. The van der Waals surface area contributed by atoms with Gasteiger partial charge in [-0.2, -0.15) is 0 Å². The third kappa shape index (κ3) is 3.47. The normalized spacial score (nSPS) is 17.1. The van der Waals surface area contributed by atoms with E-state index in [2.05, 4.69) is 23.9 Å². The van der Waals surface area contributed by atoms with Crippen molar-refractivity contribution in [2.75, 3.05) is 6.54 Å². The molecule has 7 heteroatoms. The van der Waals surface area contributed by atoms with Crippen molar-refractivity contribution in [1.29, 1.82) is 0 Å². The van der Waals surface area contributed by atoms with Gasteiger partial charge in [0.15, 0.2) is 0 Å². The van der Waals surface area contributed by atoms with Crippen LogP contribution in [0.2, 0.25) is 0 Å². The zero-order valence-electron chi connectivity index (χ0n) is 15.3. The Morgan fingerprint density at radius 3 is 2.73 bits per heavy atom. The molecule has 0 bridgehead atoms. The van der Waals surface area contributed by atoms with Crippen LogP contribution in [0.15, 0.2) is 24.3 Å². The van der Waals surface area contributed by atoms with Gasteiger partial charge in [-0.25, -0.2) is 9.67 Å². The molecule has 0 aliphatic carbocycles. The minimum atomic E-state index is -0.893. The van der Waals surface area contributed by atoms with Gasteiger partial charge in [-0.15, -0.1) is 5.10 Å². The summed E-state index contributed by atoms with van der Waals surface area (Å²) < 4.78 is 1.70. The first-order valence-corrected chi connectivity index (χ1v) is 8.94. The average Bonchev–Trinajstić information content (AvgIpc) is 3.20. The van der Waals surface area contributed by atoms with Crippen molar-refractivity contribution in [2.24, 2.45) is 0 Å². The number of likely N-dealkylation sites (tertiary alicyclic amines) is 1. The highest BCUT2D eigenvalue weighted by atomic mass is 16.4. The Labute approximate surface area is 152 Å². The Morgan fingerprint density at radius 2 is 2.04 bits per heavy atom. The molecule has 0 radical (unpaired) electrons. The highest BCUT2D eigenvalue weighted by molar-refractivity contribution is 5.91. The predicted octanol–water partition coefficient (Wildman–Crippen LogP) is 2.78. The summed E-state index contributed by atoms with van der Waals surface area (Å²) in [7, 11) is 0. The number of hydrogen-bond donors (Lipinski definition) is 1. The molecule has 138 valence electrons. The maximum absolute atomic E-state index is 12.8. The molecule has 1 aliphatic rings. The van der Waals surface area contributed by atoms with Gasteiger partial charge in [0.1, 0.15) is 5.82 Å². The quantitative estimate of drug-likeness (QED) is 0.890. The zero-order chi connectivity index (χ0) is 18.8. The van der Waals surface area contributed by atoms with Crippen LogP contribution in [0.1, 0.15) is 61.0 Å². The minimum Gasteiger partial charge on any atom is -0.481 e. The molecule has 1 amide bonds. The fourth-order valence-corrected chi connectivity index (χ4v) is 3.52. The molecule has 1 N–H and O–H groups in total. The van der Waals surface area contributed by atoms with Gasteiger partial charge >= 0.3 is 5.97 Å². The van der Waals surface area contributed by atoms with Gasteiger partial charge in [0, 0.05) is 12.6 Å². The summed E-state index contributed by atoms with van der Waals surface area (Å²) in [5.41, 5.74) is 2.04. The Balaban J connectivity index is 1.91. The van der Waals surface area contributed by atoms with Crippen LogP contribution in [0.3, 0.4) is 0 Å². The number of benzene rings is 1. The van der Waals surface area contributed by atoms with E-state index in [4.69, 9.17) is 5.11 Å². The standard InChI is InChI=1S/C19H24N4O3/c1-12(2)15-8-4-5-9-16(15)23-13(3)20-18(21-23)19(26)22-10-6-7-14(22)11-17(24)25/h4-5,8-9,12,14H,6-7,10-11H2,1-3H3,(H,24,25). The van der Waals surface area contributed by atoms with Crippen LogP contribution < -0.4 is 0 Å². The summed E-state index contributed by atoms with van der Waals surface area (Å²) in [6.07, 6.45) is 1.47. The van der Waals surface area contributed by atoms with E-state index in [1.807, 2.05) is 31.2 Å². The Morgan fingerprint density at radius 1 is 1.31 bits per heavy atom. The van der Waals surface area contributed by atoms with E-state index in [1.54, 1.807) is 9.58 Å².